The average Bonchev–Trinajstić information content (AvgIpc) is 2.59. The molecule has 0 aliphatic carbocycles. The zero-order valence-corrected chi connectivity index (χ0v) is 15.3. The highest BCUT2D eigenvalue weighted by atomic mass is 35.5. The molecule has 0 spiro atoms. The van der Waals surface area contributed by atoms with Crippen LogP contribution in [-0.4, -0.2) is 18.2 Å². The third kappa shape index (κ3) is 6.98. The molecule has 25 heavy (non-hydrogen) atoms. The van der Waals surface area contributed by atoms with Crippen molar-refractivity contribution in [1.29, 1.82) is 0 Å². The Bertz CT molecular complexity index is 730. The summed E-state index contributed by atoms with van der Waals surface area (Å²) < 4.78 is 5.67. The fourth-order valence-corrected chi connectivity index (χ4v) is 2.56. The van der Waals surface area contributed by atoms with Gasteiger partial charge in [-0.05, 0) is 49.6 Å². The van der Waals surface area contributed by atoms with Crippen LogP contribution in [0.15, 0.2) is 53.6 Å². The van der Waals surface area contributed by atoms with Crippen molar-refractivity contribution in [3.05, 3.63) is 64.7 Å². The molecule has 0 bridgehead atoms. The van der Waals surface area contributed by atoms with Gasteiger partial charge >= 0.3 is 0 Å². The van der Waals surface area contributed by atoms with E-state index in [9.17, 15) is 4.79 Å². The minimum absolute atomic E-state index is 0.108. The van der Waals surface area contributed by atoms with Gasteiger partial charge in [0.05, 0.1) is 6.61 Å². The van der Waals surface area contributed by atoms with Crippen LogP contribution in [0.2, 0.25) is 5.02 Å². The molecule has 0 radical (unpaired) electrons. The fraction of sp³-hybridized carbons (Fsp3) is 0.300. The van der Waals surface area contributed by atoms with E-state index in [1.165, 1.54) is 5.56 Å². The topological polar surface area (TPSA) is 50.7 Å². The van der Waals surface area contributed by atoms with E-state index in [0.717, 1.165) is 23.4 Å². The molecule has 0 aromatic heterocycles. The summed E-state index contributed by atoms with van der Waals surface area (Å²) in [6, 6.07) is 15.5. The number of amides is 1. The summed E-state index contributed by atoms with van der Waals surface area (Å²) in [4.78, 5) is 11.8. The number of nitrogens with one attached hydrogen (secondary N) is 1. The van der Waals surface area contributed by atoms with Crippen molar-refractivity contribution in [2.45, 2.75) is 33.1 Å². The van der Waals surface area contributed by atoms with Gasteiger partial charge in [0.25, 0.3) is 0 Å². The minimum Gasteiger partial charge on any atom is -0.493 e. The molecule has 0 atom stereocenters. The van der Waals surface area contributed by atoms with Gasteiger partial charge in [-0.1, -0.05) is 41.9 Å². The van der Waals surface area contributed by atoms with E-state index in [1.807, 2.05) is 56.3 Å². The lowest BCUT2D eigenvalue weighted by Gasteiger charge is -2.09. The molecule has 0 aliphatic heterocycles. The van der Waals surface area contributed by atoms with Crippen molar-refractivity contribution in [3.63, 3.8) is 0 Å². The Morgan fingerprint density at radius 3 is 2.68 bits per heavy atom. The Kier molecular flexibility index (Phi) is 7.48. The number of hydrogen-bond donors (Lipinski definition) is 1. The first-order valence-electron chi connectivity index (χ1n) is 8.29. The first-order valence-corrected chi connectivity index (χ1v) is 8.67. The Labute approximate surface area is 153 Å². The van der Waals surface area contributed by atoms with Crippen molar-refractivity contribution in [3.8, 4) is 5.75 Å². The number of nitrogens with zero attached hydrogens (tertiary/aromatic N) is 1. The van der Waals surface area contributed by atoms with E-state index >= 15 is 0 Å². The molecule has 2 aromatic rings. The van der Waals surface area contributed by atoms with Crippen LogP contribution in [0, 0.1) is 6.92 Å². The van der Waals surface area contributed by atoms with Crippen LogP contribution in [0.5, 0.6) is 5.75 Å². The molecule has 0 heterocycles. The van der Waals surface area contributed by atoms with E-state index in [-0.39, 0.29) is 5.91 Å². The summed E-state index contributed by atoms with van der Waals surface area (Å²) in [7, 11) is 0. The minimum atomic E-state index is -0.108. The number of carbonyl (C=O) groups excluding carboxylic acids is 1. The number of ether oxygens (including phenoxy) is 1. The van der Waals surface area contributed by atoms with Crippen molar-refractivity contribution >= 4 is 23.2 Å². The largest absolute Gasteiger partial charge is 0.493 e. The summed E-state index contributed by atoms with van der Waals surface area (Å²) in [6.07, 6.45) is 1.72. The average molecular weight is 359 g/mol. The lowest BCUT2D eigenvalue weighted by molar-refractivity contribution is -0.121. The highest BCUT2D eigenvalue weighted by Gasteiger charge is 2.03. The summed E-state index contributed by atoms with van der Waals surface area (Å²) in [5.41, 5.74) is 5.62. The maximum Gasteiger partial charge on any atom is 0.240 e. The van der Waals surface area contributed by atoms with Gasteiger partial charge in [0.1, 0.15) is 5.75 Å². The number of hydrogen-bond acceptors (Lipinski definition) is 3. The standard InChI is InChI=1S/C20H23ClN2O2/c1-15-13-18(21)10-11-19(15)25-12-6-9-20(24)23-22-16(2)14-17-7-4-3-5-8-17/h3-5,7-8,10-11,13H,6,9,12,14H2,1-2H3,(H,23,24). The molecule has 0 unspecified atom stereocenters. The maximum atomic E-state index is 11.8. The quantitative estimate of drug-likeness (QED) is 0.428. The van der Waals surface area contributed by atoms with E-state index in [0.29, 0.717) is 24.5 Å². The van der Waals surface area contributed by atoms with Crippen LogP contribution in [0.25, 0.3) is 0 Å². The molecule has 1 N–H and O–H groups in total. The molecule has 0 saturated heterocycles. The molecule has 0 saturated carbocycles. The SMILES string of the molecule is CC(Cc1ccccc1)=NNC(=O)CCCOc1ccc(Cl)cc1C. The van der Waals surface area contributed by atoms with Crippen LogP contribution in [0.3, 0.4) is 0 Å². The van der Waals surface area contributed by atoms with E-state index < -0.39 is 0 Å². The third-order valence-electron chi connectivity index (χ3n) is 3.62. The number of carbonyl (C=O) groups is 1. The van der Waals surface area contributed by atoms with Crippen molar-refractivity contribution in [2.75, 3.05) is 6.61 Å². The smallest absolute Gasteiger partial charge is 0.240 e. The zero-order chi connectivity index (χ0) is 18.1. The summed E-state index contributed by atoms with van der Waals surface area (Å²) in [5.74, 6) is 0.686. The van der Waals surface area contributed by atoms with Crippen LogP contribution >= 0.6 is 11.6 Å². The summed E-state index contributed by atoms with van der Waals surface area (Å²) in [5, 5.41) is 4.83. The van der Waals surface area contributed by atoms with Gasteiger partial charge < -0.3 is 4.74 Å². The molecule has 0 aliphatic rings. The Balaban J connectivity index is 1.67. The van der Waals surface area contributed by atoms with Gasteiger partial charge in [-0.15, -0.1) is 0 Å². The molecule has 0 fully saturated rings. The van der Waals surface area contributed by atoms with Gasteiger partial charge in [0.15, 0.2) is 0 Å². The molecule has 5 heteroatoms. The van der Waals surface area contributed by atoms with Crippen LogP contribution in [0.4, 0.5) is 0 Å². The second kappa shape index (κ2) is 9.84. The molecular formula is C20H23ClN2O2. The number of benzene rings is 2. The number of hydrazone groups is 1. The Hall–Kier alpha value is -2.33. The highest BCUT2D eigenvalue weighted by Crippen LogP contribution is 2.21. The predicted molar refractivity (Wildman–Crippen MR) is 102 cm³/mol. The third-order valence-corrected chi connectivity index (χ3v) is 3.85. The van der Waals surface area contributed by atoms with Gasteiger partial charge in [-0.3, -0.25) is 4.79 Å². The first-order chi connectivity index (χ1) is 12.0. The summed E-state index contributed by atoms with van der Waals surface area (Å²) in [6.45, 7) is 4.32. The van der Waals surface area contributed by atoms with Crippen LogP contribution < -0.4 is 10.2 Å². The highest BCUT2D eigenvalue weighted by molar-refractivity contribution is 6.30. The molecule has 2 aromatic carbocycles. The fourth-order valence-electron chi connectivity index (χ4n) is 2.33. The van der Waals surface area contributed by atoms with Gasteiger partial charge in [0.2, 0.25) is 5.91 Å². The van der Waals surface area contributed by atoms with E-state index in [1.54, 1.807) is 6.07 Å². The van der Waals surface area contributed by atoms with Crippen LogP contribution in [0.1, 0.15) is 30.9 Å². The van der Waals surface area contributed by atoms with Crippen molar-refractivity contribution < 1.29 is 9.53 Å². The molecule has 2 rings (SSSR count). The second-order valence-corrected chi connectivity index (χ2v) is 6.34. The molecular weight excluding hydrogens is 336 g/mol. The van der Waals surface area contributed by atoms with E-state index in [2.05, 4.69) is 10.5 Å². The number of rotatable bonds is 8. The Morgan fingerprint density at radius 1 is 1.20 bits per heavy atom. The monoisotopic (exact) mass is 358 g/mol. The van der Waals surface area contributed by atoms with Crippen LogP contribution in [-0.2, 0) is 11.2 Å². The summed E-state index contributed by atoms with van der Waals surface area (Å²) >= 11 is 5.91. The lowest BCUT2D eigenvalue weighted by atomic mass is 10.1. The Morgan fingerprint density at radius 2 is 1.96 bits per heavy atom. The molecule has 132 valence electrons. The second-order valence-electron chi connectivity index (χ2n) is 5.91. The number of halogens is 1. The van der Waals surface area contributed by atoms with Crippen molar-refractivity contribution in [2.24, 2.45) is 5.10 Å². The maximum absolute atomic E-state index is 11.8. The first kappa shape index (κ1) is 19.0. The predicted octanol–water partition coefficient (Wildman–Crippen LogP) is 4.54. The zero-order valence-electron chi connectivity index (χ0n) is 14.6. The normalized spacial score (nSPS) is 11.2. The number of aryl methyl sites for hydroxylation is 1. The van der Waals surface area contributed by atoms with Gasteiger partial charge in [-0.25, -0.2) is 5.43 Å². The lowest BCUT2D eigenvalue weighted by Crippen LogP contribution is -2.20. The van der Waals surface area contributed by atoms with Crippen molar-refractivity contribution in [1.82, 2.24) is 5.43 Å². The van der Waals surface area contributed by atoms with Gasteiger partial charge in [0, 0.05) is 23.6 Å². The molecule has 4 nitrogen and oxygen atoms in total. The molecule has 1 amide bonds. The van der Waals surface area contributed by atoms with E-state index in [4.69, 9.17) is 16.3 Å². The van der Waals surface area contributed by atoms with Gasteiger partial charge in [-0.2, -0.15) is 5.10 Å².